The van der Waals surface area contributed by atoms with Gasteiger partial charge in [-0.25, -0.2) is 4.79 Å². The van der Waals surface area contributed by atoms with Crippen molar-refractivity contribution < 1.29 is 9.21 Å². The van der Waals surface area contributed by atoms with E-state index in [2.05, 4.69) is 15.5 Å². The van der Waals surface area contributed by atoms with Crippen molar-refractivity contribution in [3.8, 4) is 11.3 Å². The van der Waals surface area contributed by atoms with Crippen LogP contribution >= 0.6 is 11.6 Å². The van der Waals surface area contributed by atoms with Gasteiger partial charge in [0.15, 0.2) is 0 Å². The lowest BCUT2D eigenvalue weighted by molar-refractivity contribution is 0.0268. The smallest absolute Gasteiger partial charge is 0.319 e. The van der Waals surface area contributed by atoms with Gasteiger partial charge in [0, 0.05) is 23.7 Å². The fourth-order valence-corrected chi connectivity index (χ4v) is 4.11. The number of hydrogen-bond acceptors (Lipinski definition) is 4. The highest BCUT2D eigenvalue weighted by atomic mass is 35.5. The van der Waals surface area contributed by atoms with Crippen LogP contribution in [0, 0.1) is 0 Å². The van der Waals surface area contributed by atoms with Gasteiger partial charge in [0.25, 0.3) is 0 Å². The highest BCUT2D eigenvalue weighted by Gasteiger charge is 2.57. The van der Waals surface area contributed by atoms with Crippen molar-refractivity contribution in [1.82, 2.24) is 20.4 Å². The van der Waals surface area contributed by atoms with Crippen LogP contribution < -0.4 is 10.6 Å². The molecule has 0 aliphatic carbocycles. The second kappa shape index (κ2) is 7.19. The second-order valence-electron chi connectivity index (χ2n) is 7.53. The van der Waals surface area contributed by atoms with Gasteiger partial charge in [-0.1, -0.05) is 11.6 Å². The summed E-state index contributed by atoms with van der Waals surface area (Å²) in [5.41, 5.74) is 0.605. The Hall–Kier alpha value is -2.02. The molecule has 144 valence electrons. The van der Waals surface area contributed by atoms with Gasteiger partial charge in [-0.2, -0.15) is 0 Å². The Morgan fingerprint density at radius 2 is 2.04 bits per heavy atom. The SMILES string of the molecule is CN(C)CCCN1C(=O)NCC12NCC2c1ccc(-c2ccc(Cl)cc2)o1. The van der Waals surface area contributed by atoms with E-state index >= 15 is 0 Å². The maximum Gasteiger partial charge on any atom is 0.319 e. The molecule has 2 N–H and O–H groups in total. The summed E-state index contributed by atoms with van der Waals surface area (Å²) in [5, 5.41) is 7.20. The lowest BCUT2D eigenvalue weighted by atomic mass is 9.81. The molecule has 2 aliphatic heterocycles. The third-order valence-corrected chi connectivity index (χ3v) is 5.76. The highest BCUT2D eigenvalue weighted by Crippen LogP contribution is 2.42. The van der Waals surface area contributed by atoms with Gasteiger partial charge in [-0.15, -0.1) is 0 Å². The zero-order valence-electron chi connectivity index (χ0n) is 15.7. The summed E-state index contributed by atoms with van der Waals surface area (Å²) < 4.78 is 6.17. The number of hydrogen-bond donors (Lipinski definition) is 2. The van der Waals surface area contributed by atoms with Crippen molar-refractivity contribution >= 4 is 17.6 Å². The first-order valence-corrected chi connectivity index (χ1v) is 9.68. The zero-order valence-corrected chi connectivity index (χ0v) is 16.4. The first-order chi connectivity index (χ1) is 13.0. The first kappa shape index (κ1) is 18.3. The molecule has 7 heteroatoms. The Labute approximate surface area is 164 Å². The van der Waals surface area contributed by atoms with E-state index in [1.807, 2.05) is 55.4 Å². The van der Waals surface area contributed by atoms with E-state index in [0.717, 1.165) is 43.1 Å². The number of furan rings is 1. The van der Waals surface area contributed by atoms with Crippen molar-refractivity contribution in [3.05, 3.63) is 47.2 Å². The molecule has 1 spiro atoms. The van der Waals surface area contributed by atoms with E-state index in [1.165, 1.54) is 0 Å². The van der Waals surface area contributed by atoms with Crippen LogP contribution in [0.25, 0.3) is 11.3 Å². The van der Waals surface area contributed by atoms with Crippen molar-refractivity contribution in [1.29, 1.82) is 0 Å². The van der Waals surface area contributed by atoms with Crippen molar-refractivity contribution in [3.63, 3.8) is 0 Å². The molecule has 2 unspecified atom stereocenters. The molecule has 2 amide bonds. The number of rotatable bonds is 6. The van der Waals surface area contributed by atoms with Crippen LogP contribution in [-0.4, -0.2) is 61.8 Å². The molecule has 2 fully saturated rings. The zero-order chi connectivity index (χ0) is 19.0. The van der Waals surface area contributed by atoms with Crippen LogP contribution in [0.15, 0.2) is 40.8 Å². The fraction of sp³-hybridized carbons (Fsp3) is 0.450. The quantitative estimate of drug-likeness (QED) is 0.798. The molecule has 0 bridgehead atoms. The summed E-state index contributed by atoms with van der Waals surface area (Å²) in [7, 11) is 4.09. The third kappa shape index (κ3) is 3.33. The Morgan fingerprint density at radius 3 is 2.70 bits per heavy atom. The Balaban J connectivity index is 1.52. The van der Waals surface area contributed by atoms with Crippen LogP contribution in [0.3, 0.4) is 0 Å². The van der Waals surface area contributed by atoms with Gasteiger partial charge in [0.1, 0.15) is 17.2 Å². The van der Waals surface area contributed by atoms with E-state index in [9.17, 15) is 4.79 Å². The van der Waals surface area contributed by atoms with Gasteiger partial charge in [0.2, 0.25) is 0 Å². The Kier molecular flexibility index (Phi) is 4.88. The van der Waals surface area contributed by atoms with Crippen LogP contribution in [0.2, 0.25) is 5.02 Å². The molecule has 3 heterocycles. The van der Waals surface area contributed by atoms with Gasteiger partial charge in [-0.05, 0) is 63.5 Å². The molecule has 2 saturated heterocycles. The number of urea groups is 1. The lowest BCUT2D eigenvalue weighted by Gasteiger charge is -2.51. The minimum atomic E-state index is -0.390. The molecule has 0 radical (unpaired) electrons. The summed E-state index contributed by atoms with van der Waals surface area (Å²) in [6, 6.07) is 11.6. The first-order valence-electron chi connectivity index (χ1n) is 9.30. The molecule has 2 atom stereocenters. The van der Waals surface area contributed by atoms with Crippen LogP contribution in [0.4, 0.5) is 4.79 Å². The second-order valence-corrected chi connectivity index (χ2v) is 7.97. The maximum atomic E-state index is 12.4. The normalized spacial score (nSPS) is 24.5. The third-order valence-electron chi connectivity index (χ3n) is 5.51. The minimum Gasteiger partial charge on any atom is -0.461 e. The predicted octanol–water partition coefficient (Wildman–Crippen LogP) is 2.96. The van der Waals surface area contributed by atoms with Gasteiger partial charge in [-0.3, -0.25) is 5.32 Å². The van der Waals surface area contributed by atoms with Crippen molar-refractivity contribution in [2.24, 2.45) is 0 Å². The molecule has 2 aliphatic rings. The topological polar surface area (TPSA) is 60.8 Å². The summed E-state index contributed by atoms with van der Waals surface area (Å²) in [4.78, 5) is 16.5. The van der Waals surface area contributed by atoms with Crippen molar-refractivity contribution in [2.45, 2.75) is 18.0 Å². The van der Waals surface area contributed by atoms with Crippen LogP contribution in [0.5, 0.6) is 0 Å². The van der Waals surface area contributed by atoms with Crippen LogP contribution in [0.1, 0.15) is 18.1 Å². The molecule has 6 nitrogen and oxygen atoms in total. The van der Waals surface area contributed by atoms with Gasteiger partial charge < -0.3 is 19.5 Å². The number of carbonyl (C=O) groups excluding carboxylic acids is 1. The predicted molar refractivity (Wildman–Crippen MR) is 106 cm³/mol. The number of nitrogens with zero attached hydrogens (tertiary/aromatic N) is 2. The fourth-order valence-electron chi connectivity index (χ4n) is 3.98. The van der Waals surface area contributed by atoms with E-state index < -0.39 is 5.66 Å². The summed E-state index contributed by atoms with van der Waals surface area (Å²) in [5.74, 6) is 1.87. The molecule has 1 aromatic heterocycles. The summed E-state index contributed by atoms with van der Waals surface area (Å²) >= 11 is 5.97. The number of halogens is 1. The standard InChI is InChI=1S/C20H25ClN4O2/c1-24(2)10-3-11-25-19(26)22-13-20(25)16(12-23-20)18-9-8-17(27-18)14-4-6-15(21)7-5-14/h4-9,16,23H,3,10-13H2,1-2H3,(H,22,26). The molecular formula is C20H25ClN4O2. The molecule has 4 rings (SSSR count). The highest BCUT2D eigenvalue weighted by molar-refractivity contribution is 6.30. The molecule has 2 aromatic rings. The molecule has 1 aromatic carbocycles. The largest absolute Gasteiger partial charge is 0.461 e. The number of nitrogens with one attached hydrogen (secondary N) is 2. The average molecular weight is 389 g/mol. The number of carbonyl (C=O) groups is 1. The van der Waals surface area contributed by atoms with E-state index in [1.54, 1.807) is 0 Å². The minimum absolute atomic E-state index is 0.00423. The number of amides is 2. The summed E-state index contributed by atoms with van der Waals surface area (Å²) in [6.45, 7) is 3.06. The number of benzene rings is 1. The van der Waals surface area contributed by atoms with E-state index in [-0.39, 0.29) is 11.9 Å². The maximum absolute atomic E-state index is 12.4. The Bertz CT molecular complexity index is 820. The van der Waals surface area contributed by atoms with Gasteiger partial charge >= 0.3 is 6.03 Å². The average Bonchev–Trinajstić information content (AvgIpc) is 3.21. The summed E-state index contributed by atoms with van der Waals surface area (Å²) in [6.07, 6.45) is 0.935. The van der Waals surface area contributed by atoms with Crippen LogP contribution in [-0.2, 0) is 0 Å². The monoisotopic (exact) mass is 388 g/mol. The van der Waals surface area contributed by atoms with Gasteiger partial charge in [0.05, 0.1) is 12.5 Å². The van der Waals surface area contributed by atoms with E-state index in [0.29, 0.717) is 11.6 Å². The molecule has 27 heavy (non-hydrogen) atoms. The Morgan fingerprint density at radius 1 is 1.26 bits per heavy atom. The van der Waals surface area contributed by atoms with Crippen molar-refractivity contribution in [2.75, 3.05) is 40.3 Å². The molecular weight excluding hydrogens is 364 g/mol. The molecule has 0 saturated carbocycles. The lowest BCUT2D eigenvalue weighted by Crippen LogP contribution is -2.72. The van der Waals surface area contributed by atoms with E-state index in [4.69, 9.17) is 16.0 Å².